The number of furan rings is 1. The summed E-state index contributed by atoms with van der Waals surface area (Å²) in [5, 5.41) is 3.93. The molecular weight excluding hydrogens is 430 g/mol. The summed E-state index contributed by atoms with van der Waals surface area (Å²) in [5.74, 6) is 0.368. The molecule has 0 unspecified atom stereocenters. The molecule has 4 rings (SSSR count). The van der Waals surface area contributed by atoms with Crippen LogP contribution >= 0.6 is 0 Å². The van der Waals surface area contributed by atoms with Gasteiger partial charge in [0, 0.05) is 6.20 Å². The van der Waals surface area contributed by atoms with Gasteiger partial charge in [-0.1, -0.05) is 18.2 Å². The second-order valence-electron chi connectivity index (χ2n) is 7.12. The normalized spacial score (nSPS) is 11.9. The van der Waals surface area contributed by atoms with Gasteiger partial charge in [-0.2, -0.15) is 5.10 Å². The smallest absolute Gasteiger partial charge is 0.290 e. The zero-order chi connectivity index (χ0) is 22.7. The molecular formula is C22H21N5O4S. The fourth-order valence-corrected chi connectivity index (χ4v) is 4.17. The largest absolute Gasteiger partial charge is 0.459 e. The molecule has 0 saturated heterocycles. The lowest BCUT2D eigenvalue weighted by molar-refractivity contribution is 0.0948. The summed E-state index contributed by atoms with van der Waals surface area (Å²) in [5.41, 5.74) is 5.19. The molecule has 0 saturated carbocycles. The first-order valence-corrected chi connectivity index (χ1v) is 11.2. The first kappa shape index (κ1) is 21.5. The molecule has 3 aromatic heterocycles. The summed E-state index contributed by atoms with van der Waals surface area (Å²) in [6, 6.07) is 15.1. The Hall–Kier alpha value is -3.76. The second kappa shape index (κ2) is 8.77. The number of carbonyl (C=O) groups excluding carboxylic acids is 1. The number of benzene rings is 1. The fourth-order valence-electron chi connectivity index (χ4n) is 3.15. The quantitative estimate of drug-likeness (QED) is 0.331. The van der Waals surface area contributed by atoms with Crippen LogP contribution in [0.3, 0.4) is 0 Å². The van der Waals surface area contributed by atoms with Gasteiger partial charge in [0.1, 0.15) is 22.9 Å². The highest BCUT2D eigenvalue weighted by molar-refractivity contribution is 7.89. The highest BCUT2D eigenvalue weighted by atomic mass is 32.2. The minimum absolute atomic E-state index is 0.0160. The van der Waals surface area contributed by atoms with Crippen molar-refractivity contribution in [1.82, 2.24) is 19.5 Å². The van der Waals surface area contributed by atoms with E-state index in [2.05, 4.69) is 20.2 Å². The van der Waals surface area contributed by atoms with Crippen LogP contribution in [-0.2, 0) is 16.6 Å². The van der Waals surface area contributed by atoms with Crippen LogP contribution in [0.5, 0.6) is 0 Å². The zero-order valence-electron chi connectivity index (χ0n) is 17.4. The van der Waals surface area contributed by atoms with E-state index >= 15 is 0 Å². The number of imidazole rings is 1. The number of amides is 1. The molecule has 3 heterocycles. The third kappa shape index (κ3) is 4.61. The van der Waals surface area contributed by atoms with E-state index < -0.39 is 15.9 Å². The van der Waals surface area contributed by atoms with Crippen LogP contribution in [0.25, 0.3) is 5.65 Å². The van der Waals surface area contributed by atoms with Crippen molar-refractivity contribution < 1.29 is 17.6 Å². The zero-order valence-corrected chi connectivity index (χ0v) is 18.3. The Morgan fingerprint density at radius 2 is 1.94 bits per heavy atom. The van der Waals surface area contributed by atoms with Gasteiger partial charge in [-0.15, -0.1) is 0 Å². The highest BCUT2D eigenvalue weighted by Crippen LogP contribution is 2.14. The SMILES string of the molecule is Cc1ccn2c(C(=O)N/N=C/c3ccc(CNS(=O)(=O)c4ccccc4)o3)c(C)nc2c1. The Morgan fingerprint density at radius 1 is 1.16 bits per heavy atom. The predicted molar refractivity (Wildman–Crippen MR) is 119 cm³/mol. The molecule has 4 aromatic rings. The summed E-state index contributed by atoms with van der Waals surface area (Å²) in [4.78, 5) is 17.2. The standard InChI is InChI=1S/C22H21N5O4S/c1-15-10-11-27-20(12-15)25-16(2)21(27)22(28)26-23-13-17-8-9-18(31-17)14-24-32(29,30)19-6-4-3-5-7-19/h3-13,24H,14H2,1-2H3,(H,26,28)/b23-13+. The van der Waals surface area contributed by atoms with Crippen LogP contribution < -0.4 is 10.1 Å². The summed E-state index contributed by atoms with van der Waals surface area (Å²) >= 11 is 0. The molecule has 0 aliphatic rings. The Kier molecular flexibility index (Phi) is 5.89. The molecule has 10 heteroatoms. The average molecular weight is 452 g/mol. The van der Waals surface area contributed by atoms with Gasteiger partial charge >= 0.3 is 0 Å². The van der Waals surface area contributed by atoms with Crippen molar-refractivity contribution >= 4 is 27.8 Å². The number of hydrogen-bond donors (Lipinski definition) is 2. The van der Waals surface area contributed by atoms with Crippen molar-refractivity contribution in [1.29, 1.82) is 0 Å². The third-order valence-corrected chi connectivity index (χ3v) is 6.12. The van der Waals surface area contributed by atoms with Gasteiger partial charge in [-0.3, -0.25) is 9.20 Å². The molecule has 2 N–H and O–H groups in total. The van der Waals surface area contributed by atoms with Crippen molar-refractivity contribution in [2.75, 3.05) is 0 Å². The highest BCUT2D eigenvalue weighted by Gasteiger charge is 2.16. The summed E-state index contributed by atoms with van der Waals surface area (Å²) < 4.78 is 34.3. The van der Waals surface area contributed by atoms with E-state index in [4.69, 9.17) is 4.42 Å². The number of nitrogens with zero attached hydrogens (tertiary/aromatic N) is 3. The van der Waals surface area contributed by atoms with Crippen LogP contribution in [0.1, 0.15) is 33.3 Å². The van der Waals surface area contributed by atoms with E-state index in [0.29, 0.717) is 28.6 Å². The molecule has 0 fully saturated rings. The van der Waals surface area contributed by atoms with Gasteiger partial charge < -0.3 is 4.42 Å². The van der Waals surface area contributed by atoms with E-state index in [0.717, 1.165) is 5.56 Å². The molecule has 32 heavy (non-hydrogen) atoms. The Morgan fingerprint density at radius 3 is 2.72 bits per heavy atom. The Balaban J connectivity index is 1.38. The van der Waals surface area contributed by atoms with Gasteiger partial charge in [-0.25, -0.2) is 23.5 Å². The first-order valence-electron chi connectivity index (χ1n) is 9.75. The fraction of sp³-hybridized carbons (Fsp3) is 0.136. The van der Waals surface area contributed by atoms with Gasteiger partial charge in [-0.05, 0) is 55.8 Å². The van der Waals surface area contributed by atoms with Crippen molar-refractivity contribution in [2.45, 2.75) is 25.3 Å². The number of aromatic nitrogens is 2. The maximum absolute atomic E-state index is 12.6. The van der Waals surface area contributed by atoms with Crippen LogP contribution in [0.4, 0.5) is 0 Å². The number of rotatable bonds is 7. The summed E-state index contributed by atoms with van der Waals surface area (Å²) in [6.07, 6.45) is 3.13. The topological polar surface area (TPSA) is 118 Å². The number of fused-ring (bicyclic) bond motifs is 1. The molecule has 0 atom stereocenters. The van der Waals surface area contributed by atoms with E-state index in [1.165, 1.54) is 18.3 Å². The molecule has 0 radical (unpaired) electrons. The lowest BCUT2D eigenvalue weighted by atomic mass is 10.3. The van der Waals surface area contributed by atoms with E-state index in [1.54, 1.807) is 47.9 Å². The molecule has 0 aliphatic carbocycles. The molecule has 0 bridgehead atoms. The van der Waals surface area contributed by atoms with Gasteiger partial charge in [0.15, 0.2) is 0 Å². The molecule has 164 valence electrons. The van der Waals surface area contributed by atoms with Crippen molar-refractivity contribution in [3.63, 3.8) is 0 Å². The monoisotopic (exact) mass is 451 g/mol. The molecule has 1 aromatic carbocycles. The number of pyridine rings is 1. The summed E-state index contributed by atoms with van der Waals surface area (Å²) in [7, 11) is -3.64. The lowest BCUT2D eigenvalue weighted by Crippen LogP contribution is -2.22. The minimum atomic E-state index is -3.64. The predicted octanol–water partition coefficient (Wildman–Crippen LogP) is 2.79. The Labute approximate surface area is 184 Å². The summed E-state index contributed by atoms with van der Waals surface area (Å²) in [6.45, 7) is 3.70. The van der Waals surface area contributed by atoms with Crippen LogP contribution in [0.2, 0.25) is 0 Å². The Bertz CT molecular complexity index is 1400. The lowest BCUT2D eigenvalue weighted by Gasteiger charge is -2.04. The molecule has 1 amide bonds. The van der Waals surface area contributed by atoms with E-state index in [1.807, 2.05) is 19.1 Å². The average Bonchev–Trinajstić information content (AvgIpc) is 3.35. The number of carbonyl (C=O) groups is 1. The third-order valence-electron chi connectivity index (χ3n) is 4.70. The van der Waals surface area contributed by atoms with E-state index in [-0.39, 0.29) is 11.4 Å². The van der Waals surface area contributed by atoms with Gasteiger partial charge in [0.05, 0.1) is 23.3 Å². The van der Waals surface area contributed by atoms with Gasteiger partial charge in [0.25, 0.3) is 5.91 Å². The first-order chi connectivity index (χ1) is 15.3. The van der Waals surface area contributed by atoms with Crippen molar-refractivity contribution in [3.05, 3.63) is 89.3 Å². The van der Waals surface area contributed by atoms with Gasteiger partial charge in [0.2, 0.25) is 10.0 Å². The van der Waals surface area contributed by atoms with Crippen molar-refractivity contribution in [2.24, 2.45) is 5.10 Å². The maximum atomic E-state index is 12.6. The number of nitrogens with one attached hydrogen (secondary N) is 2. The van der Waals surface area contributed by atoms with E-state index in [9.17, 15) is 13.2 Å². The van der Waals surface area contributed by atoms with Crippen LogP contribution in [-0.4, -0.2) is 29.9 Å². The van der Waals surface area contributed by atoms with Crippen LogP contribution in [0.15, 0.2) is 75.2 Å². The number of aryl methyl sites for hydroxylation is 2. The number of hydrogen-bond acceptors (Lipinski definition) is 6. The molecule has 0 aliphatic heterocycles. The number of sulfonamides is 1. The second-order valence-corrected chi connectivity index (χ2v) is 8.89. The molecule has 9 nitrogen and oxygen atoms in total. The number of hydrazone groups is 1. The maximum Gasteiger partial charge on any atom is 0.290 e. The van der Waals surface area contributed by atoms with Crippen molar-refractivity contribution in [3.8, 4) is 0 Å². The molecule has 0 spiro atoms. The van der Waals surface area contributed by atoms with Crippen LogP contribution in [0, 0.1) is 13.8 Å². The minimum Gasteiger partial charge on any atom is -0.459 e.